The molecule has 1 N–H and O–H groups in total. The van der Waals surface area contributed by atoms with Gasteiger partial charge in [-0.05, 0) is 37.8 Å². The van der Waals surface area contributed by atoms with E-state index in [2.05, 4.69) is 5.32 Å². The van der Waals surface area contributed by atoms with Crippen LogP contribution in [0, 0.1) is 0 Å². The minimum absolute atomic E-state index is 0.397. The van der Waals surface area contributed by atoms with Crippen LogP contribution in [0.4, 0.5) is 0 Å². The van der Waals surface area contributed by atoms with Crippen molar-refractivity contribution in [2.24, 2.45) is 0 Å². The van der Waals surface area contributed by atoms with Gasteiger partial charge in [0.25, 0.3) is 0 Å². The highest BCUT2D eigenvalue weighted by Gasteiger charge is 2.18. The SMILES string of the molecule is ClC1CCC(NCCOc2ccccc2)CC1. The molecule has 0 aromatic heterocycles. The number of benzene rings is 1. The van der Waals surface area contributed by atoms with E-state index in [0.29, 0.717) is 11.4 Å². The Labute approximate surface area is 108 Å². The quantitative estimate of drug-likeness (QED) is 0.643. The highest BCUT2D eigenvalue weighted by Crippen LogP contribution is 2.22. The Morgan fingerprint density at radius 3 is 2.53 bits per heavy atom. The van der Waals surface area contributed by atoms with Crippen molar-refractivity contribution in [2.45, 2.75) is 37.1 Å². The highest BCUT2D eigenvalue weighted by atomic mass is 35.5. The molecule has 0 saturated heterocycles. The minimum atomic E-state index is 0.397. The highest BCUT2D eigenvalue weighted by molar-refractivity contribution is 6.20. The van der Waals surface area contributed by atoms with Gasteiger partial charge in [0, 0.05) is 18.0 Å². The van der Waals surface area contributed by atoms with E-state index in [4.69, 9.17) is 16.3 Å². The van der Waals surface area contributed by atoms with Gasteiger partial charge >= 0.3 is 0 Å². The van der Waals surface area contributed by atoms with Crippen molar-refractivity contribution in [3.63, 3.8) is 0 Å². The van der Waals surface area contributed by atoms with Crippen LogP contribution in [-0.4, -0.2) is 24.6 Å². The molecular formula is C14H20ClNO. The van der Waals surface area contributed by atoms with Crippen LogP contribution in [0.5, 0.6) is 5.75 Å². The summed E-state index contributed by atoms with van der Waals surface area (Å²) in [6, 6.07) is 10.6. The van der Waals surface area contributed by atoms with Crippen LogP contribution in [0.1, 0.15) is 25.7 Å². The van der Waals surface area contributed by atoms with Crippen molar-refractivity contribution in [3.05, 3.63) is 30.3 Å². The third-order valence-corrected chi connectivity index (χ3v) is 3.64. The van der Waals surface area contributed by atoms with E-state index in [9.17, 15) is 0 Å². The summed E-state index contributed by atoms with van der Waals surface area (Å²) in [5, 5.41) is 3.93. The van der Waals surface area contributed by atoms with Gasteiger partial charge in [-0.1, -0.05) is 18.2 Å². The van der Waals surface area contributed by atoms with Crippen LogP contribution in [-0.2, 0) is 0 Å². The van der Waals surface area contributed by atoms with Gasteiger partial charge in [0.05, 0.1) is 0 Å². The number of rotatable bonds is 5. The predicted molar refractivity (Wildman–Crippen MR) is 71.8 cm³/mol. The maximum atomic E-state index is 6.07. The molecule has 1 aliphatic carbocycles. The lowest BCUT2D eigenvalue weighted by molar-refractivity contribution is 0.290. The zero-order chi connectivity index (χ0) is 11.9. The Kier molecular flexibility index (Phi) is 5.14. The summed E-state index contributed by atoms with van der Waals surface area (Å²) in [6.45, 7) is 1.64. The smallest absolute Gasteiger partial charge is 0.119 e. The molecule has 0 aliphatic heterocycles. The first-order valence-corrected chi connectivity index (χ1v) is 6.83. The lowest BCUT2D eigenvalue weighted by Crippen LogP contribution is -2.35. The lowest BCUT2D eigenvalue weighted by Gasteiger charge is -2.25. The number of alkyl halides is 1. The van der Waals surface area contributed by atoms with Crippen LogP contribution in [0.2, 0.25) is 0 Å². The number of halogens is 1. The molecule has 0 bridgehead atoms. The molecular weight excluding hydrogens is 234 g/mol. The normalized spacial score (nSPS) is 24.5. The van der Waals surface area contributed by atoms with Crippen molar-refractivity contribution < 1.29 is 4.74 Å². The first kappa shape index (κ1) is 12.7. The summed E-state index contributed by atoms with van der Waals surface area (Å²) in [4.78, 5) is 0. The molecule has 0 heterocycles. The molecule has 1 saturated carbocycles. The van der Waals surface area contributed by atoms with E-state index in [-0.39, 0.29) is 0 Å². The lowest BCUT2D eigenvalue weighted by atomic mass is 9.95. The zero-order valence-electron chi connectivity index (χ0n) is 10.1. The van der Waals surface area contributed by atoms with Crippen molar-refractivity contribution in [1.29, 1.82) is 0 Å². The van der Waals surface area contributed by atoms with Crippen LogP contribution >= 0.6 is 11.6 Å². The van der Waals surface area contributed by atoms with E-state index >= 15 is 0 Å². The van der Waals surface area contributed by atoms with Gasteiger partial charge in [-0.3, -0.25) is 0 Å². The fraction of sp³-hybridized carbons (Fsp3) is 0.571. The third kappa shape index (κ3) is 4.57. The van der Waals surface area contributed by atoms with Crippen molar-refractivity contribution >= 4 is 11.6 Å². The Bertz CT molecular complexity index is 309. The monoisotopic (exact) mass is 253 g/mol. The predicted octanol–water partition coefficient (Wildman–Crippen LogP) is 3.21. The fourth-order valence-electron chi connectivity index (χ4n) is 2.21. The molecule has 3 heteroatoms. The summed E-state index contributed by atoms with van der Waals surface area (Å²) < 4.78 is 5.63. The Morgan fingerprint density at radius 2 is 1.82 bits per heavy atom. The van der Waals surface area contributed by atoms with Gasteiger partial charge in [-0.2, -0.15) is 0 Å². The van der Waals surface area contributed by atoms with E-state index in [0.717, 1.165) is 31.7 Å². The van der Waals surface area contributed by atoms with Gasteiger partial charge in [0.2, 0.25) is 0 Å². The molecule has 0 unspecified atom stereocenters. The summed E-state index contributed by atoms with van der Waals surface area (Å²) in [6.07, 6.45) is 4.66. The number of nitrogens with one attached hydrogen (secondary N) is 1. The summed E-state index contributed by atoms with van der Waals surface area (Å²) >= 11 is 6.07. The number of hydrogen-bond donors (Lipinski definition) is 1. The molecule has 1 aromatic carbocycles. The van der Waals surface area contributed by atoms with Gasteiger partial charge in [0.15, 0.2) is 0 Å². The topological polar surface area (TPSA) is 21.3 Å². The van der Waals surface area contributed by atoms with Crippen LogP contribution in [0.25, 0.3) is 0 Å². The summed E-state index contributed by atoms with van der Waals surface area (Å²) in [7, 11) is 0. The van der Waals surface area contributed by atoms with E-state index in [1.807, 2.05) is 30.3 Å². The Morgan fingerprint density at radius 1 is 1.12 bits per heavy atom. The molecule has 0 amide bonds. The molecule has 2 rings (SSSR count). The maximum Gasteiger partial charge on any atom is 0.119 e. The zero-order valence-corrected chi connectivity index (χ0v) is 10.8. The van der Waals surface area contributed by atoms with E-state index in [1.54, 1.807) is 0 Å². The average molecular weight is 254 g/mol. The maximum absolute atomic E-state index is 6.07. The van der Waals surface area contributed by atoms with Crippen molar-refractivity contribution in [1.82, 2.24) is 5.32 Å². The summed E-state index contributed by atoms with van der Waals surface area (Å²) in [5.41, 5.74) is 0. The van der Waals surface area contributed by atoms with E-state index in [1.165, 1.54) is 12.8 Å². The van der Waals surface area contributed by atoms with Gasteiger partial charge in [-0.15, -0.1) is 11.6 Å². The van der Waals surface area contributed by atoms with Crippen molar-refractivity contribution in [2.75, 3.05) is 13.2 Å². The first-order valence-electron chi connectivity index (χ1n) is 6.40. The van der Waals surface area contributed by atoms with Gasteiger partial charge < -0.3 is 10.1 Å². The van der Waals surface area contributed by atoms with Crippen LogP contribution in [0.3, 0.4) is 0 Å². The number of ether oxygens (including phenoxy) is 1. The van der Waals surface area contributed by atoms with Gasteiger partial charge in [0.1, 0.15) is 12.4 Å². The third-order valence-electron chi connectivity index (χ3n) is 3.20. The molecule has 0 atom stereocenters. The molecule has 0 spiro atoms. The molecule has 1 fully saturated rings. The standard InChI is InChI=1S/C14H20ClNO/c15-12-6-8-13(9-7-12)16-10-11-17-14-4-2-1-3-5-14/h1-5,12-13,16H,6-11H2. The molecule has 17 heavy (non-hydrogen) atoms. The van der Waals surface area contributed by atoms with Crippen LogP contribution in [0.15, 0.2) is 30.3 Å². The van der Waals surface area contributed by atoms with Crippen molar-refractivity contribution in [3.8, 4) is 5.75 Å². The molecule has 94 valence electrons. The molecule has 2 nitrogen and oxygen atoms in total. The Hall–Kier alpha value is -0.730. The molecule has 0 radical (unpaired) electrons. The Balaban J connectivity index is 1.57. The second-order valence-electron chi connectivity index (χ2n) is 4.56. The van der Waals surface area contributed by atoms with Crippen LogP contribution < -0.4 is 10.1 Å². The second-order valence-corrected chi connectivity index (χ2v) is 5.18. The fourth-order valence-corrected chi connectivity index (χ4v) is 2.46. The molecule has 1 aliphatic rings. The minimum Gasteiger partial charge on any atom is -0.492 e. The number of hydrogen-bond acceptors (Lipinski definition) is 2. The average Bonchev–Trinajstić information content (AvgIpc) is 2.38. The molecule has 1 aromatic rings. The second kappa shape index (κ2) is 6.87. The van der Waals surface area contributed by atoms with E-state index < -0.39 is 0 Å². The van der Waals surface area contributed by atoms with Gasteiger partial charge in [-0.25, -0.2) is 0 Å². The first-order chi connectivity index (χ1) is 8.34. The largest absolute Gasteiger partial charge is 0.492 e. The number of para-hydroxylation sites is 1. The summed E-state index contributed by atoms with van der Waals surface area (Å²) in [5.74, 6) is 0.943.